The van der Waals surface area contributed by atoms with Crippen molar-refractivity contribution in [3.05, 3.63) is 133 Å². The van der Waals surface area contributed by atoms with Crippen molar-refractivity contribution in [3.8, 4) is 16.9 Å². The second kappa shape index (κ2) is 15.2. The van der Waals surface area contributed by atoms with Crippen LogP contribution in [0.5, 0.6) is 5.75 Å². The first-order valence-corrected chi connectivity index (χ1v) is 20.1. The van der Waals surface area contributed by atoms with E-state index in [0.29, 0.717) is 46.8 Å². The monoisotopic (exact) mass is 814 g/mol. The number of pyridine rings is 1. The van der Waals surface area contributed by atoms with Crippen molar-refractivity contribution in [1.82, 2.24) is 24.1 Å². The molecule has 296 valence electrons. The Kier molecular flexibility index (Phi) is 10.3. The van der Waals surface area contributed by atoms with Crippen LogP contribution in [-0.4, -0.2) is 54.2 Å². The van der Waals surface area contributed by atoms with Crippen molar-refractivity contribution in [1.29, 1.82) is 0 Å². The highest BCUT2D eigenvalue weighted by atomic mass is 35.5. The van der Waals surface area contributed by atoms with E-state index in [9.17, 15) is 9.90 Å². The molecule has 8 rings (SSSR count). The second-order valence-corrected chi connectivity index (χ2v) is 16.2. The Labute approximate surface area is 347 Å². The molecule has 58 heavy (non-hydrogen) atoms. The highest BCUT2D eigenvalue weighted by Gasteiger charge is 2.40. The molecule has 0 bridgehead atoms. The molecule has 5 heterocycles. The fourth-order valence-corrected chi connectivity index (χ4v) is 9.05. The van der Waals surface area contributed by atoms with E-state index in [4.69, 9.17) is 27.9 Å². The van der Waals surface area contributed by atoms with Crippen molar-refractivity contribution in [2.45, 2.75) is 73.9 Å². The van der Waals surface area contributed by atoms with Crippen LogP contribution >= 0.6 is 23.2 Å². The Bertz CT molecular complexity index is 2780. The predicted octanol–water partition coefficient (Wildman–Crippen LogP) is 10.6. The van der Waals surface area contributed by atoms with Gasteiger partial charge in [0, 0.05) is 57.1 Å². The molecule has 1 amide bonds. The molecule has 1 aliphatic heterocycles. The van der Waals surface area contributed by atoms with Crippen LogP contribution in [0, 0.1) is 41.5 Å². The van der Waals surface area contributed by atoms with Crippen molar-refractivity contribution in [2.75, 3.05) is 18.1 Å². The number of nitrogens with zero attached hydrogens (tertiary/aromatic N) is 6. The number of fused-ring (bicyclic) bond motifs is 4. The molecule has 7 aromatic rings. The zero-order valence-electron chi connectivity index (χ0n) is 33.6. The van der Waals surface area contributed by atoms with Gasteiger partial charge in [-0.1, -0.05) is 40.9 Å². The minimum absolute atomic E-state index is 0.0361. The molecule has 0 radical (unpaired) electrons. The molecule has 10 nitrogen and oxygen atoms in total. The summed E-state index contributed by atoms with van der Waals surface area (Å²) in [6, 6.07) is 17.2. The SMILES string of the molecule is Cc1ccnc(Cn2c(C(=O)O)c(N3C[C@@H](C)n4c(c(CCCOc5cc(C)c(Cl)c(C)c5)c5ccc(Cl)c(-c6c(C)ncnc6C)c54)C3=O)c3cc(C)ccc32)c1. The number of rotatable bonds is 10. The van der Waals surface area contributed by atoms with E-state index in [1.807, 2.05) is 96.1 Å². The molecule has 12 heteroatoms. The fraction of sp³-hybridized carbons (Fsp3) is 0.283. The fourth-order valence-electron chi connectivity index (χ4n) is 8.69. The van der Waals surface area contributed by atoms with Gasteiger partial charge in [0.15, 0.2) is 5.69 Å². The van der Waals surface area contributed by atoms with Crippen LogP contribution in [0.1, 0.15) is 85.3 Å². The number of benzene rings is 3. The number of ether oxygens (including phenoxy) is 1. The van der Waals surface area contributed by atoms with Gasteiger partial charge in [-0.15, -0.1) is 0 Å². The zero-order chi connectivity index (χ0) is 41.2. The first kappa shape index (κ1) is 39.1. The molecule has 1 N–H and O–H groups in total. The van der Waals surface area contributed by atoms with Crippen molar-refractivity contribution in [3.63, 3.8) is 0 Å². The van der Waals surface area contributed by atoms with E-state index in [2.05, 4.69) is 26.4 Å². The van der Waals surface area contributed by atoms with E-state index in [0.717, 1.165) is 77.7 Å². The Morgan fingerprint density at radius 3 is 2.28 bits per heavy atom. The molecule has 0 spiro atoms. The highest BCUT2D eigenvalue weighted by Crippen LogP contribution is 2.46. The Hall–Kier alpha value is -5.71. The number of aryl methyl sites for hydroxylation is 7. The number of carbonyl (C=O) groups is 2. The van der Waals surface area contributed by atoms with Crippen LogP contribution < -0.4 is 9.64 Å². The third-order valence-electron chi connectivity index (χ3n) is 11.2. The molecule has 1 aliphatic rings. The molecule has 0 saturated heterocycles. The van der Waals surface area contributed by atoms with E-state index >= 15 is 4.79 Å². The van der Waals surface area contributed by atoms with Crippen LogP contribution in [-0.2, 0) is 13.0 Å². The number of carboxylic acid groups (broad SMARTS) is 1. The van der Waals surface area contributed by atoms with Gasteiger partial charge in [0.2, 0.25) is 0 Å². The number of hydrogen-bond donors (Lipinski definition) is 1. The summed E-state index contributed by atoms with van der Waals surface area (Å²) in [6.45, 7) is 14.6. The predicted molar refractivity (Wildman–Crippen MR) is 230 cm³/mol. The number of anilines is 1. The Morgan fingerprint density at radius 1 is 0.879 bits per heavy atom. The first-order chi connectivity index (χ1) is 27.7. The number of carbonyl (C=O) groups excluding carboxylic acids is 1. The van der Waals surface area contributed by atoms with Crippen LogP contribution in [0.15, 0.2) is 67.1 Å². The van der Waals surface area contributed by atoms with E-state index < -0.39 is 5.97 Å². The summed E-state index contributed by atoms with van der Waals surface area (Å²) in [5.74, 6) is -0.681. The lowest BCUT2D eigenvalue weighted by molar-refractivity contribution is 0.0687. The van der Waals surface area contributed by atoms with E-state index in [1.54, 1.807) is 22.0 Å². The Balaban J connectivity index is 1.31. The number of hydrogen-bond acceptors (Lipinski definition) is 6. The van der Waals surface area contributed by atoms with Gasteiger partial charge in [-0.05, 0) is 126 Å². The maximum atomic E-state index is 15.5. The largest absolute Gasteiger partial charge is 0.494 e. The second-order valence-electron chi connectivity index (χ2n) is 15.5. The number of halogens is 2. The van der Waals surface area contributed by atoms with Crippen LogP contribution in [0.4, 0.5) is 5.69 Å². The van der Waals surface area contributed by atoms with E-state index in [-0.39, 0.29) is 30.7 Å². The molecular formula is C46H44Cl2N6O4. The standard InChI is InChI=1S/C46H44Cl2N6O4/c1-24-10-13-37-35(18-24)42(44(46(56)57)52(37)22-31-17-25(2)14-15-49-31)53-21-28(5)54-41-34(11-12-36(47)39(41)38-29(6)50-23-51-30(38)7)33(43(54)45(53)55)9-8-16-58-32-19-26(3)40(48)27(4)20-32/h10-15,17-20,23,28H,8-9,16,21-22H2,1-7H3,(H,56,57)/t28-/m1/s1. The van der Waals surface area contributed by atoms with Gasteiger partial charge in [-0.25, -0.2) is 14.8 Å². The third kappa shape index (κ3) is 6.68. The molecule has 3 aromatic carbocycles. The maximum Gasteiger partial charge on any atom is 0.354 e. The minimum Gasteiger partial charge on any atom is -0.494 e. The quantitative estimate of drug-likeness (QED) is 0.137. The van der Waals surface area contributed by atoms with Gasteiger partial charge >= 0.3 is 5.97 Å². The summed E-state index contributed by atoms with van der Waals surface area (Å²) >= 11 is 13.6. The summed E-state index contributed by atoms with van der Waals surface area (Å²) in [4.78, 5) is 44.2. The minimum atomic E-state index is -1.13. The summed E-state index contributed by atoms with van der Waals surface area (Å²) < 4.78 is 10.1. The number of carboxylic acids is 1. The summed E-state index contributed by atoms with van der Waals surface area (Å²) in [6.07, 6.45) is 4.38. The lowest BCUT2D eigenvalue weighted by Gasteiger charge is -2.34. The topological polar surface area (TPSA) is 115 Å². The van der Waals surface area contributed by atoms with Gasteiger partial charge < -0.3 is 23.9 Å². The lowest BCUT2D eigenvalue weighted by Crippen LogP contribution is -2.43. The molecule has 0 saturated carbocycles. The average molecular weight is 816 g/mol. The van der Waals surface area contributed by atoms with Crippen LogP contribution in [0.2, 0.25) is 10.0 Å². The van der Waals surface area contributed by atoms with Crippen LogP contribution in [0.25, 0.3) is 32.9 Å². The first-order valence-electron chi connectivity index (χ1n) is 19.4. The number of aromatic nitrogens is 5. The smallest absolute Gasteiger partial charge is 0.354 e. The summed E-state index contributed by atoms with van der Waals surface area (Å²) in [5, 5.41) is 13.8. The normalized spacial score (nSPS) is 14.1. The zero-order valence-corrected chi connectivity index (χ0v) is 35.1. The van der Waals surface area contributed by atoms with Crippen LogP contribution in [0.3, 0.4) is 0 Å². The molecule has 4 aromatic heterocycles. The molecule has 0 unspecified atom stereocenters. The van der Waals surface area contributed by atoms with E-state index in [1.165, 1.54) is 0 Å². The summed E-state index contributed by atoms with van der Waals surface area (Å²) in [7, 11) is 0. The summed E-state index contributed by atoms with van der Waals surface area (Å²) in [5.41, 5.74) is 11.0. The van der Waals surface area contributed by atoms with Crippen molar-refractivity contribution >= 4 is 62.6 Å². The molecule has 0 fully saturated rings. The lowest BCUT2D eigenvalue weighted by atomic mass is 9.97. The Morgan fingerprint density at radius 2 is 1.59 bits per heavy atom. The average Bonchev–Trinajstić information content (AvgIpc) is 3.67. The van der Waals surface area contributed by atoms with Gasteiger partial charge in [0.25, 0.3) is 5.91 Å². The van der Waals surface area contributed by atoms with Gasteiger partial charge in [0.05, 0.1) is 40.6 Å². The van der Waals surface area contributed by atoms with Gasteiger partial charge in [-0.2, -0.15) is 0 Å². The number of amides is 1. The molecular weight excluding hydrogens is 771 g/mol. The van der Waals surface area contributed by atoms with Crippen molar-refractivity contribution in [2.24, 2.45) is 0 Å². The third-order valence-corrected chi connectivity index (χ3v) is 12.1. The van der Waals surface area contributed by atoms with Gasteiger partial charge in [0.1, 0.15) is 17.8 Å². The number of aromatic carboxylic acids is 1. The van der Waals surface area contributed by atoms with Crippen molar-refractivity contribution < 1.29 is 19.4 Å². The van der Waals surface area contributed by atoms with Gasteiger partial charge in [-0.3, -0.25) is 9.78 Å². The molecule has 1 atom stereocenters. The maximum absolute atomic E-state index is 15.5. The highest BCUT2D eigenvalue weighted by molar-refractivity contribution is 6.35. The molecule has 0 aliphatic carbocycles.